The lowest BCUT2D eigenvalue weighted by atomic mass is 10.1. The summed E-state index contributed by atoms with van der Waals surface area (Å²) < 4.78 is 29.1. The maximum atomic E-state index is 12.4. The van der Waals surface area contributed by atoms with Crippen LogP contribution >= 0.6 is 0 Å². The van der Waals surface area contributed by atoms with Crippen molar-refractivity contribution in [1.29, 1.82) is 0 Å². The predicted molar refractivity (Wildman–Crippen MR) is 111 cm³/mol. The molecule has 2 saturated heterocycles. The Morgan fingerprint density at radius 3 is 2.62 bits per heavy atom. The maximum absolute atomic E-state index is 12.4. The number of aryl methyl sites for hydroxylation is 1. The summed E-state index contributed by atoms with van der Waals surface area (Å²) in [7, 11) is -3.15. The number of aliphatic hydroxyl groups is 1. The number of nitrogens with zero attached hydrogens (tertiary/aromatic N) is 2. The Hall–Kier alpha value is -1.68. The Morgan fingerprint density at radius 1 is 1.28 bits per heavy atom. The molecule has 0 aliphatic carbocycles. The number of piperazine rings is 1. The molecule has 0 bridgehead atoms. The second-order valence-corrected chi connectivity index (χ2v) is 10.1. The van der Waals surface area contributed by atoms with Gasteiger partial charge in [-0.05, 0) is 31.5 Å². The Bertz CT molecular complexity index is 808. The molecule has 9 heteroatoms. The molecule has 3 rings (SSSR count). The number of benzene rings is 1. The topological polar surface area (TPSA) is 99.2 Å². The van der Waals surface area contributed by atoms with E-state index < -0.39 is 15.9 Å². The molecule has 2 aliphatic heterocycles. The number of hydrogen-bond donors (Lipinski definition) is 2. The number of rotatable bonds is 7. The first-order valence-electron chi connectivity index (χ1n) is 10.1. The minimum Gasteiger partial charge on any atom is -0.492 e. The molecule has 0 saturated carbocycles. The molecule has 1 amide bonds. The second-order valence-electron chi connectivity index (χ2n) is 7.92. The first-order valence-corrected chi connectivity index (χ1v) is 11.9. The lowest BCUT2D eigenvalue weighted by molar-refractivity contribution is -0.126. The van der Waals surface area contributed by atoms with Gasteiger partial charge >= 0.3 is 0 Å². The van der Waals surface area contributed by atoms with Gasteiger partial charge in [0, 0.05) is 26.2 Å². The van der Waals surface area contributed by atoms with E-state index in [0.717, 1.165) is 11.3 Å². The summed E-state index contributed by atoms with van der Waals surface area (Å²) in [4.78, 5) is 16.6. The van der Waals surface area contributed by atoms with E-state index in [9.17, 15) is 18.3 Å². The molecule has 2 fully saturated rings. The van der Waals surface area contributed by atoms with Crippen LogP contribution in [0, 0.1) is 6.92 Å². The van der Waals surface area contributed by atoms with E-state index in [1.807, 2.05) is 43.0 Å². The van der Waals surface area contributed by atoms with Crippen LogP contribution in [0.25, 0.3) is 0 Å². The van der Waals surface area contributed by atoms with Gasteiger partial charge in [0.2, 0.25) is 5.91 Å². The van der Waals surface area contributed by atoms with E-state index in [4.69, 9.17) is 4.74 Å². The predicted octanol–water partition coefficient (Wildman–Crippen LogP) is -0.346. The largest absolute Gasteiger partial charge is 0.492 e. The van der Waals surface area contributed by atoms with Crippen LogP contribution in [0.5, 0.6) is 5.75 Å². The molecule has 8 nitrogen and oxygen atoms in total. The van der Waals surface area contributed by atoms with Crippen LogP contribution in [-0.2, 0) is 14.6 Å². The molecular weight excluding hydrogens is 394 g/mol. The summed E-state index contributed by atoms with van der Waals surface area (Å²) >= 11 is 0. The van der Waals surface area contributed by atoms with E-state index in [0.29, 0.717) is 39.3 Å². The van der Waals surface area contributed by atoms with Crippen molar-refractivity contribution >= 4 is 15.7 Å². The van der Waals surface area contributed by atoms with Gasteiger partial charge in [-0.1, -0.05) is 12.1 Å². The minimum atomic E-state index is -3.15. The third kappa shape index (κ3) is 5.91. The Kier molecular flexibility index (Phi) is 7.15. The third-order valence-electron chi connectivity index (χ3n) is 5.70. The zero-order valence-electron chi connectivity index (χ0n) is 17.1. The molecular formula is C20H31N3O5S. The maximum Gasteiger partial charge on any atom is 0.237 e. The lowest BCUT2D eigenvalue weighted by Crippen LogP contribution is -2.57. The third-order valence-corrected chi connectivity index (χ3v) is 7.40. The number of amides is 1. The van der Waals surface area contributed by atoms with Crippen molar-refractivity contribution in [3.63, 3.8) is 0 Å². The summed E-state index contributed by atoms with van der Waals surface area (Å²) in [5, 5.41) is 13.0. The van der Waals surface area contributed by atoms with Crippen LogP contribution in [0.4, 0.5) is 0 Å². The van der Waals surface area contributed by atoms with Crippen LogP contribution in [0.1, 0.15) is 12.5 Å². The van der Waals surface area contributed by atoms with Crippen LogP contribution in [0.15, 0.2) is 24.3 Å². The number of ether oxygens (including phenoxy) is 1. The van der Waals surface area contributed by atoms with Gasteiger partial charge in [0.25, 0.3) is 0 Å². The molecule has 2 heterocycles. The molecule has 162 valence electrons. The van der Waals surface area contributed by atoms with Gasteiger partial charge < -0.3 is 15.2 Å². The average Bonchev–Trinajstić information content (AvgIpc) is 2.97. The molecule has 0 spiro atoms. The lowest BCUT2D eigenvalue weighted by Gasteiger charge is -2.40. The standard InChI is InChI=1S/C20H31N3O5S/c1-15-4-3-5-17(12-15)28-11-6-21-20(25)16(2)22-7-9-23(10-8-22)18-13-29(26,27)14-19(18)24/h3-5,12,16,18-19,24H,6-11,13-14H2,1-2H3,(H,21,25). The molecule has 0 aromatic heterocycles. The molecule has 2 aliphatic rings. The van der Waals surface area contributed by atoms with Crippen molar-refractivity contribution in [2.75, 3.05) is 50.8 Å². The van der Waals surface area contributed by atoms with Crippen molar-refractivity contribution in [2.24, 2.45) is 0 Å². The van der Waals surface area contributed by atoms with Crippen LogP contribution < -0.4 is 10.1 Å². The van der Waals surface area contributed by atoms with Crippen molar-refractivity contribution in [3.8, 4) is 5.75 Å². The number of carbonyl (C=O) groups is 1. The van der Waals surface area contributed by atoms with E-state index in [1.54, 1.807) is 0 Å². The highest BCUT2D eigenvalue weighted by Gasteiger charge is 2.41. The Morgan fingerprint density at radius 2 is 2.00 bits per heavy atom. The average molecular weight is 426 g/mol. The molecule has 1 aromatic carbocycles. The molecule has 2 N–H and O–H groups in total. The zero-order valence-corrected chi connectivity index (χ0v) is 17.9. The molecule has 29 heavy (non-hydrogen) atoms. The van der Waals surface area contributed by atoms with Crippen molar-refractivity contribution < 1.29 is 23.1 Å². The SMILES string of the molecule is Cc1cccc(OCCNC(=O)C(C)N2CCN(C3CS(=O)(=O)CC3O)CC2)c1. The summed E-state index contributed by atoms with van der Waals surface area (Å²) in [6.45, 7) is 7.34. The van der Waals surface area contributed by atoms with Gasteiger partial charge in [-0.15, -0.1) is 0 Å². The fraction of sp³-hybridized carbons (Fsp3) is 0.650. The quantitative estimate of drug-likeness (QED) is 0.577. The van der Waals surface area contributed by atoms with Gasteiger partial charge in [-0.2, -0.15) is 0 Å². The first kappa shape index (κ1) is 22.0. The number of hydrogen-bond acceptors (Lipinski definition) is 7. The van der Waals surface area contributed by atoms with Crippen LogP contribution in [-0.4, -0.2) is 98.3 Å². The van der Waals surface area contributed by atoms with Gasteiger partial charge in [0.15, 0.2) is 9.84 Å². The second kappa shape index (κ2) is 9.42. The first-order chi connectivity index (χ1) is 13.7. The number of sulfone groups is 1. The molecule has 3 atom stereocenters. The highest BCUT2D eigenvalue weighted by Crippen LogP contribution is 2.20. The molecule has 1 aromatic rings. The fourth-order valence-corrected chi connectivity index (χ4v) is 5.81. The molecule has 0 radical (unpaired) electrons. The number of nitrogens with one attached hydrogen (secondary N) is 1. The highest BCUT2D eigenvalue weighted by atomic mass is 32.2. The van der Waals surface area contributed by atoms with Gasteiger partial charge in [-0.25, -0.2) is 8.42 Å². The Labute approximate surface area is 172 Å². The van der Waals surface area contributed by atoms with Crippen molar-refractivity contribution in [1.82, 2.24) is 15.1 Å². The number of aliphatic hydroxyl groups excluding tert-OH is 1. The van der Waals surface area contributed by atoms with E-state index in [1.165, 1.54) is 0 Å². The highest BCUT2D eigenvalue weighted by molar-refractivity contribution is 7.91. The normalized spacial score (nSPS) is 26.2. The monoisotopic (exact) mass is 425 g/mol. The minimum absolute atomic E-state index is 0.0190. The zero-order chi connectivity index (χ0) is 21.0. The van der Waals surface area contributed by atoms with Crippen molar-refractivity contribution in [3.05, 3.63) is 29.8 Å². The Balaban J connectivity index is 1.38. The molecule has 3 unspecified atom stereocenters. The summed E-state index contributed by atoms with van der Waals surface area (Å²) in [6, 6.07) is 7.19. The summed E-state index contributed by atoms with van der Waals surface area (Å²) in [6.07, 6.45) is -0.819. The fourth-order valence-electron chi connectivity index (χ4n) is 3.98. The van der Waals surface area contributed by atoms with Crippen LogP contribution in [0.3, 0.4) is 0 Å². The van der Waals surface area contributed by atoms with Crippen LogP contribution in [0.2, 0.25) is 0 Å². The van der Waals surface area contributed by atoms with E-state index >= 15 is 0 Å². The van der Waals surface area contributed by atoms with E-state index in [2.05, 4.69) is 10.2 Å². The van der Waals surface area contributed by atoms with E-state index in [-0.39, 0.29) is 29.5 Å². The summed E-state index contributed by atoms with van der Waals surface area (Å²) in [5.41, 5.74) is 1.13. The summed E-state index contributed by atoms with van der Waals surface area (Å²) in [5.74, 6) is 0.612. The van der Waals surface area contributed by atoms with Crippen molar-refractivity contribution in [2.45, 2.75) is 32.0 Å². The van der Waals surface area contributed by atoms with Gasteiger partial charge in [-0.3, -0.25) is 14.6 Å². The smallest absolute Gasteiger partial charge is 0.237 e. The van der Waals surface area contributed by atoms with Gasteiger partial charge in [0.05, 0.1) is 36.2 Å². The van der Waals surface area contributed by atoms with Gasteiger partial charge in [0.1, 0.15) is 12.4 Å². The number of carbonyl (C=O) groups excluding carboxylic acids is 1.